The Morgan fingerprint density at radius 3 is 2.30 bits per heavy atom. The molecule has 0 saturated carbocycles. The second kappa shape index (κ2) is 9.71. The number of ether oxygens (including phenoxy) is 1. The van der Waals surface area contributed by atoms with Crippen molar-refractivity contribution in [2.24, 2.45) is 0 Å². The van der Waals surface area contributed by atoms with E-state index in [1.807, 2.05) is 12.1 Å². The van der Waals surface area contributed by atoms with Crippen molar-refractivity contribution in [3.8, 4) is 11.8 Å². The number of nitrogens with one attached hydrogen (secondary N) is 1. The average molecular weight is 397 g/mol. The molecule has 0 fully saturated rings. The van der Waals surface area contributed by atoms with Crippen LogP contribution in [0.5, 0.6) is 5.75 Å². The summed E-state index contributed by atoms with van der Waals surface area (Å²) in [4.78, 5) is 23.3. The largest absolute Gasteiger partial charge is 0.545 e. The van der Waals surface area contributed by atoms with Crippen molar-refractivity contribution in [2.45, 2.75) is 6.61 Å². The Balaban J connectivity index is 1.75. The van der Waals surface area contributed by atoms with Crippen molar-refractivity contribution in [3.63, 3.8) is 0 Å². The first-order valence-corrected chi connectivity index (χ1v) is 9.07. The number of benzene rings is 3. The number of carbonyl (C=O) groups excluding carboxylic acids is 2. The van der Waals surface area contributed by atoms with Crippen molar-refractivity contribution in [3.05, 3.63) is 101 Å². The molecule has 1 amide bonds. The zero-order valence-electron chi connectivity index (χ0n) is 15.9. The molecule has 6 heteroatoms. The quantitative estimate of drug-likeness (QED) is 0.487. The van der Waals surface area contributed by atoms with Crippen LogP contribution in [-0.2, 0) is 11.4 Å². The van der Waals surface area contributed by atoms with Crippen molar-refractivity contribution in [2.75, 3.05) is 5.32 Å². The molecular formula is C24H17N2O4-. The van der Waals surface area contributed by atoms with Gasteiger partial charge < -0.3 is 20.0 Å². The average Bonchev–Trinajstić information content (AvgIpc) is 2.77. The van der Waals surface area contributed by atoms with E-state index in [-0.39, 0.29) is 17.7 Å². The van der Waals surface area contributed by atoms with E-state index < -0.39 is 11.9 Å². The molecule has 3 rings (SSSR count). The molecule has 30 heavy (non-hydrogen) atoms. The summed E-state index contributed by atoms with van der Waals surface area (Å²) in [7, 11) is 0. The van der Waals surface area contributed by atoms with Gasteiger partial charge in [0.1, 0.15) is 24.0 Å². The third kappa shape index (κ3) is 5.33. The van der Waals surface area contributed by atoms with Crippen LogP contribution in [0.15, 0.2) is 84.4 Å². The van der Waals surface area contributed by atoms with Gasteiger partial charge in [0, 0.05) is 11.3 Å². The molecular weight excluding hydrogens is 380 g/mol. The number of aromatic carboxylic acids is 1. The second-order valence-electron chi connectivity index (χ2n) is 6.30. The van der Waals surface area contributed by atoms with E-state index in [9.17, 15) is 20.0 Å². The van der Waals surface area contributed by atoms with Crippen molar-refractivity contribution >= 4 is 23.6 Å². The summed E-state index contributed by atoms with van der Waals surface area (Å²) in [5, 5.41) is 22.9. The molecule has 1 N–H and O–H groups in total. The number of hydrogen-bond donors (Lipinski definition) is 1. The first kappa shape index (κ1) is 20.4. The van der Waals surface area contributed by atoms with Gasteiger partial charge in [-0.1, -0.05) is 60.7 Å². The third-order valence-corrected chi connectivity index (χ3v) is 4.20. The van der Waals surface area contributed by atoms with Crippen LogP contribution in [0.1, 0.15) is 21.5 Å². The van der Waals surface area contributed by atoms with E-state index in [0.717, 1.165) is 5.56 Å². The lowest BCUT2D eigenvalue weighted by Crippen LogP contribution is -2.22. The molecule has 0 bridgehead atoms. The number of anilines is 1. The van der Waals surface area contributed by atoms with E-state index in [1.165, 1.54) is 18.2 Å². The van der Waals surface area contributed by atoms with Gasteiger partial charge in [-0.2, -0.15) is 5.26 Å². The molecule has 0 unspecified atom stereocenters. The summed E-state index contributed by atoms with van der Waals surface area (Å²) in [6.07, 6.45) is 1.47. The van der Waals surface area contributed by atoms with E-state index in [1.54, 1.807) is 60.7 Å². The smallest absolute Gasteiger partial charge is 0.266 e. The topological polar surface area (TPSA) is 102 Å². The van der Waals surface area contributed by atoms with Crippen LogP contribution in [0.2, 0.25) is 0 Å². The highest BCUT2D eigenvalue weighted by Crippen LogP contribution is 2.23. The first-order valence-electron chi connectivity index (χ1n) is 9.07. The van der Waals surface area contributed by atoms with Gasteiger partial charge in [-0.15, -0.1) is 0 Å². The number of nitriles is 1. The number of amides is 1. The molecule has 0 saturated heterocycles. The van der Waals surface area contributed by atoms with E-state index in [2.05, 4.69) is 5.32 Å². The van der Waals surface area contributed by atoms with Crippen LogP contribution in [0.3, 0.4) is 0 Å². The number of rotatable bonds is 7. The van der Waals surface area contributed by atoms with Crippen LogP contribution < -0.4 is 15.2 Å². The lowest BCUT2D eigenvalue weighted by molar-refractivity contribution is -0.255. The van der Waals surface area contributed by atoms with E-state index in [4.69, 9.17) is 4.74 Å². The highest BCUT2D eigenvalue weighted by molar-refractivity contribution is 6.09. The summed E-state index contributed by atoms with van der Waals surface area (Å²) in [6.45, 7) is 0.191. The Morgan fingerprint density at radius 1 is 0.967 bits per heavy atom. The number of carboxylic acid groups (broad SMARTS) is 1. The molecule has 148 valence electrons. The Morgan fingerprint density at radius 2 is 1.63 bits per heavy atom. The van der Waals surface area contributed by atoms with Gasteiger partial charge in [-0.3, -0.25) is 4.79 Å². The normalized spacial score (nSPS) is 10.7. The van der Waals surface area contributed by atoms with Gasteiger partial charge in [0.2, 0.25) is 0 Å². The molecule has 0 spiro atoms. The zero-order valence-corrected chi connectivity index (χ0v) is 15.9. The number of carboxylic acids is 1. The minimum absolute atomic E-state index is 0.0618. The molecule has 0 aliphatic rings. The zero-order chi connectivity index (χ0) is 21.3. The molecule has 3 aromatic rings. The lowest BCUT2D eigenvalue weighted by Gasteiger charge is -2.11. The van der Waals surface area contributed by atoms with Crippen LogP contribution in [-0.4, -0.2) is 11.9 Å². The molecule has 0 atom stereocenters. The molecule has 0 radical (unpaired) electrons. The minimum Gasteiger partial charge on any atom is -0.545 e. The van der Waals surface area contributed by atoms with Crippen LogP contribution in [0, 0.1) is 11.3 Å². The predicted molar refractivity (Wildman–Crippen MR) is 110 cm³/mol. The van der Waals surface area contributed by atoms with Gasteiger partial charge in [0.15, 0.2) is 0 Å². The number of nitrogens with zero attached hydrogens (tertiary/aromatic N) is 1. The summed E-state index contributed by atoms with van der Waals surface area (Å²) in [6, 6.07) is 24.0. The Bertz CT molecular complexity index is 1110. The molecule has 0 aliphatic heterocycles. The Hall–Kier alpha value is -4.37. The fraction of sp³-hybridized carbons (Fsp3) is 0.0417. The molecule has 3 aromatic carbocycles. The lowest BCUT2D eigenvalue weighted by atomic mass is 10.1. The first-order chi connectivity index (χ1) is 14.6. The van der Waals surface area contributed by atoms with Crippen LogP contribution in [0.4, 0.5) is 5.69 Å². The van der Waals surface area contributed by atoms with Gasteiger partial charge in [-0.05, 0) is 35.4 Å². The van der Waals surface area contributed by atoms with Gasteiger partial charge in [-0.25, -0.2) is 0 Å². The van der Waals surface area contributed by atoms with E-state index >= 15 is 0 Å². The maximum Gasteiger partial charge on any atom is 0.266 e. The number of carbonyl (C=O) groups is 2. The fourth-order valence-electron chi connectivity index (χ4n) is 2.65. The van der Waals surface area contributed by atoms with Crippen molar-refractivity contribution in [1.82, 2.24) is 0 Å². The third-order valence-electron chi connectivity index (χ3n) is 4.20. The fourth-order valence-corrected chi connectivity index (χ4v) is 2.65. The predicted octanol–water partition coefficient (Wildman–Crippen LogP) is 3.17. The van der Waals surface area contributed by atoms with Crippen molar-refractivity contribution < 1.29 is 19.4 Å². The Kier molecular flexibility index (Phi) is 6.59. The molecule has 0 aliphatic carbocycles. The highest BCUT2D eigenvalue weighted by atomic mass is 16.5. The summed E-state index contributed by atoms with van der Waals surface area (Å²) < 4.78 is 5.82. The molecule has 0 aromatic heterocycles. The number of para-hydroxylation sites is 2. The maximum atomic E-state index is 12.4. The summed E-state index contributed by atoms with van der Waals surface area (Å²) in [5.41, 5.74) is 1.95. The monoisotopic (exact) mass is 397 g/mol. The van der Waals surface area contributed by atoms with Crippen LogP contribution in [0.25, 0.3) is 6.08 Å². The van der Waals surface area contributed by atoms with Crippen molar-refractivity contribution in [1.29, 1.82) is 5.26 Å². The maximum absolute atomic E-state index is 12.4. The van der Waals surface area contributed by atoms with Gasteiger partial charge in [0.25, 0.3) is 5.91 Å². The second-order valence-corrected chi connectivity index (χ2v) is 6.30. The minimum atomic E-state index is -1.24. The Labute approximate surface area is 173 Å². The van der Waals surface area contributed by atoms with E-state index in [0.29, 0.717) is 17.0 Å². The SMILES string of the molecule is N#C/C(=C\c1ccccc1OCc1ccc(C(=O)[O-])cc1)C(=O)Nc1ccccc1. The van der Waals surface area contributed by atoms with Gasteiger partial charge in [0.05, 0.1) is 5.97 Å². The summed E-state index contributed by atoms with van der Waals surface area (Å²) in [5.74, 6) is -1.27. The molecule has 0 heterocycles. The number of hydrogen-bond acceptors (Lipinski definition) is 5. The van der Waals surface area contributed by atoms with Gasteiger partial charge >= 0.3 is 0 Å². The standard InChI is InChI=1S/C24H18N2O4/c25-15-20(23(27)26-21-7-2-1-3-8-21)14-19-6-4-5-9-22(19)30-16-17-10-12-18(13-11-17)24(28)29/h1-14H,16H2,(H,26,27)(H,28,29)/p-1/b20-14+. The van der Waals surface area contributed by atoms with Crippen LogP contribution >= 0.6 is 0 Å². The summed E-state index contributed by atoms with van der Waals surface area (Å²) >= 11 is 0. The molecule has 6 nitrogen and oxygen atoms in total. The highest BCUT2D eigenvalue weighted by Gasteiger charge is 2.11.